The summed E-state index contributed by atoms with van der Waals surface area (Å²) >= 11 is 0. The van der Waals surface area contributed by atoms with E-state index in [9.17, 15) is 0 Å². The Bertz CT molecular complexity index is 3120. The van der Waals surface area contributed by atoms with Gasteiger partial charge in [-0.2, -0.15) is 0 Å². The fraction of sp³-hybridized carbons (Fsp3) is 0.0182. The Morgan fingerprint density at radius 1 is 0.333 bits per heavy atom. The predicted molar refractivity (Wildman–Crippen MR) is 240 cm³/mol. The van der Waals surface area contributed by atoms with Gasteiger partial charge in [0, 0.05) is 63.6 Å². The number of para-hydroxylation sites is 1. The zero-order chi connectivity index (χ0) is 39.6. The molecule has 3 heterocycles. The third-order valence-corrected chi connectivity index (χ3v) is 12.2. The summed E-state index contributed by atoms with van der Waals surface area (Å²) in [5.41, 5.74) is 14.2. The van der Waals surface area contributed by atoms with Crippen LogP contribution in [0.3, 0.4) is 0 Å². The second-order valence-electron chi connectivity index (χ2n) is 15.4. The lowest BCUT2D eigenvalue weighted by atomic mass is 9.61. The number of aromatic nitrogens is 4. The molecular weight excluding hydrogens is 733 g/mol. The molecule has 0 saturated carbocycles. The summed E-state index contributed by atoms with van der Waals surface area (Å²) in [6.45, 7) is 0. The number of benzene rings is 8. The first kappa shape index (κ1) is 34.1. The summed E-state index contributed by atoms with van der Waals surface area (Å²) < 4.78 is 7.07. The second kappa shape index (κ2) is 13.5. The highest BCUT2D eigenvalue weighted by atomic mass is 16.5. The van der Waals surface area contributed by atoms with Gasteiger partial charge in [-0.05, 0) is 68.1 Å². The van der Waals surface area contributed by atoms with Crippen molar-refractivity contribution < 1.29 is 4.74 Å². The molecule has 0 fully saturated rings. The minimum absolute atomic E-state index is 0.695. The van der Waals surface area contributed by atoms with Crippen LogP contribution >= 0.6 is 0 Å². The van der Waals surface area contributed by atoms with Crippen LogP contribution in [0.15, 0.2) is 207 Å². The van der Waals surface area contributed by atoms with Crippen LogP contribution in [-0.2, 0) is 5.41 Å². The standard InChI is InChI=1S/C55H34N4O/c1-3-14-36(15-4-1)53-56-31-40(32-57-53)38-23-26-45-43-19-9-10-20-44(43)46-27-24-39(41-33-58-54(59-34-41)37-16-5-2-6-17-37)30-50(46)55(49(45)29-38)47-21-11-12-22-51(47)60-52-42-18-8-7-13-35(42)25-28-48(52)55/h1-34H. The summed E-state index contributed by atoms with van der Waals surface area (Å²) in [5, 5.41) is 2.19. The summed E-state index contributed by atoms with van der Waals surface area (Å²) in [6, 6.07) is 64.4. The molecule has 1 spiro atoms. The van der Waals surface area contributed by atoms with Crippen LogP contribution in [0.4, 0.5) is 0 Å². The minimum Gasteiger partial charge on any atom is -0.456 e. The summed E-state index contributed by atoms with van der Waals surface area (Å²) in [5.74, 6) is 3.07. The Kier molecular flexibility index (Phi) is 7.69. The monoisotopic (exact) mass is 766 g/mol. The van der Waals surface area contributed by atoms with E-state index < -0.39 is 5.41 Å². The van der Waals surface area contributed by atoms with E-state index >= 15 is 0 Å². The fourth-order valence-corrected chi connectivity index (χ4v) is 9.41. The zero-order valence-corrected chi connectivity index (χ0v) is 32.3. The van der Waals surface area contributed by atoms with E-state index in [1.54, 1.807) is 0 Å². The molecular formula is C55H34N4O. The van der Waals surface area contributed by atoms with Gasteiger partial charge in [-0.25, -0.2) is 19.9 Å². The van der Waals surface area contributed by atoms with Crippen molar-refractivity contribution in [1.82, 2.24) is 19.9 Å². The van der Waals surface area contributed by atoms with E-state index in [0.717, 1.165) is 89.0 Å². The number of hydrogen-bond donors (Lipinski definition) is 0. The van der Waals surface area contributed by atoms with Crippen molar-refractivity contribution in [3.8, 4) is 78.8 Å². The first-order valence-electron chi connectivity index (χ1n) is 20.2. The second-order valence-corrected chi connectivity index (χ2v) is 15.4. The van der Waals surface area contributed by atoms with Gasteiger partial charge in [-0.1, -0.05) is 164 Å². The lowest BCUT2D eigenvalue weighted by Gasteiger charge is -2.43. The van der Waals surface area contributed by atoms with Gasteiger partial charge in [0.25, 0.3) is 0 Å². The molecule has 0 radical (unpaired) electrons. The highest BCUT2D eigenvalue weighted by Crippen LogP contribution is 2.62. The number of rotatable bonds is 4. The average molecular weight is 767 g/mol. The molecule has 2 aromatic heterocycles. The largest absolute Gasteiger partial charge is 0.456 e. The van der Waals surface area contributed by atoms with Crippen LogP contribution in [0, 0.1) is 0 Å². The molecule has 5 nitrogen and oxygen atoms in total. The van der Waals surface area contributed by atoms with Crippen LogP contribution in [0.5, 0.6) is 11.5 Å². The predicted octanol–water partition coefficient (Wildman–Crippen LogP) is 13.2. The normalized spacial score (nSPS) is 12.9. The van der Waals surface area contributed by atoms with Crippen LogP contribution in [0.2, 0.25) is 0 Å². The Morgan fingerprint density at radius 3 is 1.42 bits per heavy atom. The Hall–Kier alpha value is -8.02. The van der Waals surface area contributed by atoms with Crippen molar-refractivity contribution in [2.45, 2.75) is 5.41 Å². The number of ether oxygens (including phenoxy) is 1. The highest BCUT2D eigenvalue weighted by molar-refractivity contribution is 5.98. The molecule has 8 aromatic carbocycles. The van der Waals surface area contributed by atoms with Crippen molar-refractivity contribution in [2.24, 2.45) is 0 Å². The molecule has 280 valence electrons. The molecule has 0 bridgehead atoms. The van der Waals surface area contributed by atoms with Gasteiger partial charge in [-0.15, -0.1) is 0 Å². The van der Waals surface area contributed by atoms with Crippen LogP contribution in [-0.4, -0.2) is 19.9 Å². The van der Waals surface area contributed by atoms with Crippen molar-refractivity contribution >= 4 is 10.8 Å². The fourth-order valence-electron chi connectivity index (χ4n) is 9.41. The first-order valence-corrected chi connectivity index (χ1v) is 20.2. The molecule has 1 aliphatic carbocycles. The third-order valence-electron chi connectivity index (χ3n) is 12.2. The summed E-state index contributed by atoms with van der Waals surface area (Å²) in [7, 11) is 0. The van der Waals surface area contributed by atoms with Gasteiger partial charge in [0.1, 0.15) is 11.5 Å². The van der Waals surface area contributed by atoms with Gasteiger partial charge >= 0.3 is 0 Å². The van der Waals surface area contributed by atoms with Crippen molar-refractivity contribution in [2.75, 3.05) is 0 Å². The highest BCUT2D eigenvalue weighted by Gasteiger charge is 2.50. The molecule has 60 heavy (non-hydrogen) atoms. The molecule has 1 aliphatic heterocycles. The van der Waals surface area contributed by atoms with E-state index in [2.05, 4.69) is 121 Å². The average Bonchev–Trinajstić information content (AvgIpc) is 3.43. The topological polar surface area (TPSA) is 60.8 Å². The van der Waals surface area contributed by atoms with Crippen LogP contribution in [0.25, 0.3) is 78.1 Å². The minimum atomic E-state index is -0.834. The van der Waals surface area contributed by atoms with Gasteiger partial charge in [-0.3, -0.25) is 0 Å². The molecule has 0 N–H and O–H groups in total. The first-order chi connectivity index (χ1) is 29.7. The molecule has 2 aliphatic rings. The Morgan fingerprint density at radius 2 is 0.833 bits per heavy atom. The lowest BCUT2D eigenvalue weighted by molar-refractivity contribution is 0.440. The number of nitrogens with zero attached hydrogens (tertiary/aromatic N) is 4. The van der Waals surface area contributed by atoms with E-state index in [1.807, 2.05) is 85.5 Å². The van der Waals surface area contributed by atoms with Crippen molar-refractivity contribution in [1.29, 1.82) is 0 Å². The maximum atomic E-state index is 7.07. The maximum absolute atomic E-state index is 7.07. The molecule has 10 aromatic rings. The van der Waals surface area contributed by atoms with Crippen LogP contribution in [0.1, 0.15) is 22.3 Å². The molecule has 0 unspecified atom stereocenters. The van der Waals surface area contributed by atoms with E-state index in [4.69, 9.17) is 24.7 Å². The quantitative estimate of drug-likeness (QED) is 0.178. The van der Waals surface area contributed by atoms with Crippen molar-refractivity contribution in [3.05, 3.63) is 229 Å². The summed E-state index contributed by atoms with van der Waals surface area (Å²) in [6.07, 6.45) is 7.77. The SMILES string of the molecule is c1ccc(-c2ncc(-c3ccc4c(c3)C3(c5ccccc5Oc5c3ccc3ccccc53)c3cc(-c5cnc(-c6ccccc6)nc5)ccc3-c3ccccc3-4)cn2)cc1. The molecule has 0 saturated heterocycles. The smallest absolute Gasteiger partial charge is 0.159 e. The molecule has 5 heteroatoms. The van der Waals surface area contributed by atoms with E-state index in [0.29, 0.717) is 11.6 Å². The van der Waals surface area contributed by atoms with Gasteiger partial charge in [0.2, 0.25) is 0 Å². The van der Waals surface area contributed by atoms with Gasteiger partial charge in [0.15, 0.2) is 11.6 Å². The molecule has 0 amide bonds. The van der Waals surface area contributed by atoms with Gasteiger partial charge < -0.3 is 4.74 Å². The number of fused-ring (bicyclic) bond motifs is 13. The molecule has 12 rings (SSSR count). The van der Waals surface area contributed by atoms with Crippen molar-refractivity contribution in [3.63, 3.8) is 0 Å². The maximum Gasteiger partial charge on any atom is 0.159 e. The van der Waals surface area contributed by atoms with Gasteiger partial charge in [0.05, 0.1) is 5.41 Å². The van der Waals surface area contributed by atoms with E-state index in [1.165, 1.54) is 11.1 Å². The zero-order valence-electron chi connectivity index (χ0n) is 32.3. The number of hydrogen-bond acceptors (Lipinski definition) is 5. The molecule has 0 atom stereocenters. The van der Waals surface area contributed by atoms with E-state index in [-0.39, 0.29) is 0 Å². The Balaban J connectivity index is 1.17. The lowest BCUT2D eigenvalue weighted by Crippen LogP contribution is -2.35. The summed E-state index contributed by atoms with van der Waals surface area (Å²) in [4.78, 5) is 19.5. The van der Waals surface area contributed by atoms with Crippen LogP contribution < -0.4 is 4.74 Å². The third kappa shape index (κ3) is 5.19. The Labute approximate surface area is 347 Å².